The zero-order chi connectivity index (χ0) is 11.8. The van der Waals surface area contributed by atoms with Gasteiger partial charge in [0.1, 0.15) is 6.07 Å². The van der Waals surface area contributed by atoms with E-state index in [-0.39, 0.29) is 0 Å². The minimum atomic E-state index is 0.829. The summed E-state index contributed by atoms with van der Waals surface area (Å²) in [6.07, 6.45) is 4.17. The van der Waals surface area contributed by atoms with E-state index in [4.69, 9.17) is 0 Å². The first-order chi connectivity index (χ1) is 8.28. The number of anilines is 1. The second-order valence-corrected chi connectivity index (χ2v) is 5.49. The highest BCUT2D eigenvalue weighted by Crippen LogP contribution is 2.40. The fourth-order valence-electron chi connectivity index (χ4n) is 3.43. The minimum Gasteiger partial charge on any atom is -0.370 e. The number of benzene rings is 1. The molecule has 1 aliphatic carbocycles. The Morgan fingerprint density at radius 3 is 2.59 bits per heavy atom. The summed E-state index contributed by atoms with van der Waals surface area (Å²) < 4.78 is 0. The third-order valence-electron chi connectivity index (χ3n) is 4.34. The number of aryl methyl sites for hydroxylation is 1. The maximum absolute atomic E-state index is 9.20. The Kier molecular flexibility index (Phi) is 2.55. The quantitative estimate of drug-likeness (QED) is 0.735. The van der Waals surface area contributed by atoms with Crippen LogP contribution >= 0.6 is 0 Å². The van der Waals surface area contributed by atoms with Crippen LogP contribution in [0.1, 0.15) is 30.4 Å². The molecule has 2 aliphatic rings. The lowest BCUT2D eigenvalue weighted by molar-refractivity contribution is 0.494. The predicted octanol–water partition coefficient (Wildman–Crippen LogP) is 3.10. The molecule has 1 aliphatic heterocycles. The molecule has 17 heavy (non-hydrogen) atoms. The molecule has 0 radical (unpaired) electrons. The number of nitriles is 1. The molecule has 0 bridgehead atoms. The monoisotopic (exact) mass is 226 g/mol. The molecule has 1 saturated carbocycles. The van der Waals surface area contributed by atoms with Crippen LogP contribution < -0.4 is 4.90 Å². The Morgan fingerprint density at radius 1 is 1.24 bits per heavy atom. The topological polar surface area (TPSA) is 27.0 Å². The van der Waals surface area contributed by atoms with Gasteiger partial charge in [-0.1, -0.05) is 12.5 Å². The van der Waals surface area contributed by atoms with E-state index in [1.54, 1.807) is 0 Å². The highest BCUT2D eigenvalue weighted by Gasteiger charge is 2.36. The molecule has 88 valence electrons. The van der Waals surface area contributed by atoms with Gasteiger partial charge in [0.05, 0.1) is 11.3 Å². The summed E-state index contributed by atoms with van der Waals surface area (Å²) in [4.78, 5) is 2.43. The first-order valence-corrected chi connectivity index (χ1v) is 6.53. The summed E-state index contributed by atoms with van der Waals surface area (Å²) in [5.41, 5.74) is 3.23. The van der Waals surface area contributed by atoms with E-state index in [0.29, 0.717) is 0 Å². The van der Waals surface area contributed by atoms with Gasteiger partial charge in [-0.15, -0.1) is 0 Å². The summed E-state index contributed by atoms with van der Waals surface area (Å²) in [6, 6.07) is 8.47. The molecule has 1 aromatic carbocycles. The fraction of sp³-hybridized carbons (Fsp3) is 0.533. The number of nitrogens with zero attached hydrogens (tertiary/aromatic N) is 2. The first kappa shape index (κ1) is 10.7. The van der Waals surface area contributed by atoms with Crippen LogP contribution in [0.5, 0.6) is 0 Å². The fourth-order valence-corrected chi connectivity index (χ4v) is 3.43. The second-order valence-electron chi connectivity index (χ2n) is 5.49. The van der Waals surface area contributed by atoms with Gasteiger partial charge in [0.15, 0.2) is 0 Å². The summed E-state index contributed by atoms with van der Waals surface area (Å²) >= 11 is 0. The molecule has 1 heterocycles. The lowest BCUT2D eigenvalue weighted by Gasteiger charge is -2.21. The van der Waals surface area contributed by atoms with Crippen LogP contribution in [-0.4, -0.2) is 13.1 Å². The van der Waals surface area contributed by atoms with Crippen LogP contribution in [0.15, 0.2) is 18.2 Å². The number of rotatable bonds is 1. The molecule has 0 aromatic heterocycles. The van der Waals surface area contributed by atoms with Crippen LogP contribution in [0, 0.1) is 30.1 Å². The van der Waals surface area contributed by atoms with E-state index in [9.17, 15) is 5.26 Å². The van der Waals surface area contributed by atoms with E-state index < -0.39 is 0 Å². The predicted molar refractivity (Wildman–Crippen MR) is 68.9 cm³/mol. The maximum Gasteiger partial charge on any atom is 0.101 e. The molecule has 2 fully saturated rings. The van der Waals surface area contributed by atoms with Crippen molar-refractivity contribution in [3.8, 4) is 6.07 Å². The maximum atomic E-state index is 9.20. The summed E-state index contributed by atoms with van der Waals surface area (Å²) in [5, 5.41) is 9.20. The van der Waals surface area contributed by atoms with Crippen molar-refractivity contribution in [2.45, 2.75) is 26.2 Å². The molecule has 0 amide bonds. The van der Waals surface area contributed by atoms with Gasteiger partial charge < -0.3 is 4.90 Å². The van der Waals surface area contributed by atoms with Crippen molar-refractivity contribution >= 4 is 5.69 Å². The average Bonchev–Trinajstić information content (AvgIpc) is 2.88. The van der Waals surface area contributed by atoms with E-state index in [1.807, 2.05) is 12.1 Å². The molecule has 2 unspecified atom stereocenters. The normalized spacial score (nSPS) is 26.9. The molecule has 0 spiro atoms. The zero-order valence-corrected chi connectivity index (χ0v) is 10.3. The molecule has 2 atom stereocenters. The minimum absolute atomic E-state index is 0.829. The molecule has 0 N–H and O–H groups in total. The van der Waals surface area contributed by atoms with Crippen LogP contribution in [0.25, 0.3) is 0 Å². The van der Waals surface area contributed by atoms with Crippen LogP contribution in [-0.2, 0) is 0 Å². The highest BCUT2D eigenvalue weighted by molar-refractivity contribution is 5.61. The molecule has 2 heteroatoms. The Labute approximate surface area is 103 Å². The van der Waals surface area contributed by atoms with Crippen molar-refractivity contribution in [2.24, 2.45) is 11.8 Å². The van der Waals surface area contributed by atoms with Crippen molar-refractivity contribution in [1.29, 1.82) is 5.26 Å². The molecule has 2 nitrogen and oxygen atoms in total. The third kappa shape index (κ3) is 1.80. The van der Waals surface area contributed by atoms with E-state index in [1.165, 1.54) is 24.8 Å². The SMILES string of the molecule is Cc1ccc(C#N)c(N2CC3CCCC3C2)c1. The van der Waals surface area contributed by atoms with Crippen LogP contribution in [0.2, 0.25) is 0 Å². The van der Waals surface area contributed by atoms with Crippen molar-refractivity contribution in [3.05, 3.63) is 29.3 Å². The number of hydrogen-bond acceptors (Lipinski definition) is 2. The van der Waals surface area contributed by atoms with E-state index in [0.717, 1.165) is 36.2 Å². The number of fused-ring (bicyclic) bond motifs is 1. The molecule has 1 aromatic rings. The smallest absolute Gasteiger partial charge is 0.101 e. The lowest BCUT2D eigenvalue weighted by Crippen LogP contribution is -2.21. The molecule has 3 rings (SSSR count). The summed E-state index contributed by atoms with van der Waals surface area (Å²) in [7, 11) is 0. The van der Waals surface area contributed by atoms with Crippen molar-refractivity contribution in [1.82, 2.24) is 0 Å². The van der Waals surface area contributed by atoms with Gasteiger partial charge >= 0.3 is 0 Å². The summed E-state index contributed by atoms with van der Waals surface area (Å²) in [5.74, 6) is 1.75. The van der Waals surface area contributed by atoms with Gasteiger partial charge in [-0.25, -0.2) is 0 Å². The lowest BCUT2D eigenvalue weighted by atomic mass is 10.0. The van der Waals surface area contributed by atoms with Gasteiger partial charge in [-0.05, 0) is 49.3 Å². The van der Waals surface area contributed by atoms with Crippen molar-refractivity contribution in [2.75, 3.05) is 18.0 Å². The molecule has 1 saturated heterocycles. The van der Waals surface area contributed by atoms with Gasteiger partial charge in [0.25, 0.3) is 0 Å². The Balaban J connectivity index is 1.90. The van der Waals surface area contributed by atoms with Gasteiger partial charge in [-0.2, -0.15) is 5.26 Å². The Morgan fingerprint density at radius 2 is 1.94 bits per heavy atom. The molecular weight excluding hydrogens is 208 g/mol. The largest absolute Gasteiger partial charge is 0.370 e. The average molecular weight is 226 g/mol. The van der Waals surface area contributed by atoms with E-state index in [2.05, 4.69) is 24.0 Å². The van der Waals surface area contributed by atoms with E-state index >= 15 is 0 Å². The highest BCUT2D eigenvalue weighted by atomic mass is 15.2. The van der Waals surface area contributed by atoms with Crippen molar-refractivity contribution < 1.29 is 0 Å². The van der Waals surface area contributed by atoms with Crippen LogP contribution in [0.3, 0.4) is 0 Å². The summed E-state index contributed by atoms with van der Waals surface area (Å²) in [6.45, 7) is 4.41. The molecular formula is C15H18N2. The first-order valence-electron chi connectivity index (χ1n) is 6.53. The zero-order valence-electron chi connectivity index (χ0n) is 10.3. The number of hydrogen-bond donors (Lipinski definition) is 0. The Hall–Kier alpha value is -1.49. The van der Waals surface area contributed by atoms with Gasteiger partial charge in [-0.3, -0.25) is 0 Å². The van der Waals surface area contributed by atoms with Gasteiger partial charge in [0, 0.05) is 13.1 Å². The Bertz CT molecular complexity index is 460. The van der Waals surface area contributed by atoms with Crippen molar-refractivity contribution in [3.63, 3.8) is 0 Å². The standard InChI is InChI=1S/C15H18N2/c1-11-5-6-12(8-16)15(7-11)17-9-13-3-2-4-14(13)10-17/h5-7,13-14H,2-4,9-10H2,1H3. The van der Waals surface area contributed by atoms with Gasteiger partial charge in [0.2, 0.25) is 0 Å². The third-order valence-corrected chi connectivity index (χ3v) is 4.34. The van der Waals surface area contributed by atoms with Crippen LogP contribution in [0.4, 0.5) is 5.69 Å². The second kappa shape index (κ2) is 4.07.